The summed E-state index contributed by atoms with van der Waals surface area (Å²) in [6.07, 6.45) is 0.934. The first-order valence-corrected chi connectivity index (χ1v) is 11.5. The summed E-state index contributed by atoms with van der Waals surface area (Å²) in [4.78, 5) is 4.61. The van der Waals surface area contributed by atoms with Crippen LogP contribution in [0.25, 0.3) is 0 Å². The molecule has 10 heteroatoms. The van der Waals surface area contributed by atoms with Crippen LogP contribution in [0.5, 0.6) is 0 Å². The van der Waals surface area contributed by atoms with Crippen LogP contribution in [0.4, 0.5) is 0 Å². The second kappa shape index (κ2) is 12.9. The minimum Gasteiger partial charge on any atom is -0.357 e. The summed E-state index contributed by atoms with van der Waals surface area (Å²) in [6, 6.07) is 9.58. The lowest BCUT2D eigenvalue weighted by molar-refractivity contribution is 0.555. The molecular weight excluding hydrogens is 515 g/mol. The van der Waals surface area contributed by atoms with Crippen LogP contribution in [-0.4, -0.2) is 44.3 Å². The lowest BCUT2D eigenvalue weighted by Crippen LogP contribution is -2.38. The van der Waals surface area contributed by atoms with Crippen molar-refractivity contribution in [2.45, 2.75) is 46.0 Å². The number of sulfonamides is 1. The Morgan fingerprint density at radius 3 is 2.53 bits per heavy atom. The molecule has 1 aromatic carbocycles. The Bertz CT molecular complexity index is 927. The number of guanidine groups is 1. The summed E-state index contributed by atoms with van der Waals surface area (Å²) in [7, 11) is -1.86. The van der Waals surface area contributed by atoms with Gasteiger partial charge in [-0.2, -0.15) is 5.10 Å². The number of hydrogen-bond acceptors (Lipinski definition) is 4. The van der Waals surface area contributed by atoms with Crippen LogP contribution in [0.2, 0.25) is 0 Å². The van der Waals surface area contributed by atoms with Crippen molar-refractivity contribution in [1.29, 1.82) is 0 Å². The number of aromatic nitrogens is 2. The summed E-state index contributed by atoms with van der Waals surface area (Å²) < 4.78 is 27.8. The molecule has 0 unspecified atom stereocenters. The van der Waals surface area contributed by atoms with Crippen molar-refractivity contribution in [3.8, 4) is 0 Å². The quantitative estimate of drug-likeness (QED) is 0.183. The zero-order chi connectivity index (χ0) is 21.3. The number of hydrogen-bond donors (Lipinski definition) is 3. The van der Waals surface area contributed by atoms with E-state index in [0.717, 1.165) is 48.8 Å². The van der Waals surface area contributed by atoms with E-state index in [0.29, 0.717) is 6.54 Å². The molecule has 2 aromatic rings. The lowest BCUT2D eigenvalue weighted by atomic mass is 10.1. The fourth-order valence-electron chi connectivity index (χ4n) is 2.96. The average Bonchev–Trinajstić information content (AvgIpc) is 3.00. The summed E-state index contributed by atoms with van der Waals surface area (Å²) in [5, 5.41) is 11.1. The number of benzene rings is 1. The van der Waals surface area contributed by atoms with Crippen LogP contribution in [0, 0.1) is 13.8 Å². The monoisotopic (exact) mass is 548 g/mol. The van der Waals surface area contributed by atoms with Crippen molar-refractivity contribution < 1.29 is 8.42 Å². The Labute approximate surface area is 197 Å². The van der Waals surface area contributed by atoms with Gasteiger partial charge in [-0.3, -0.25) is 4.68 Å². The van der Waals surface area contributed by atoms with Gasteiger partial charge in [0.25, 0.3) is 0 Å². The molecule has 0 atom stereocenters. The number of nitrogens with zero attached hydrogens (tertiary/aromatic N) is 3. The van der Waals surface area contributed by atoms with Crippen LogP contribution in [0.1, 0.15) is 35.9 Å². The maximum Gasteiger partial charge on any atom is 0.215 e. The molecule has 0 fully saturated rings. The van der Waals surface area contributed by atoms with Gasteiger partial charge in [0.15, 0.2) is 5.96 Å². The zero-order valence-electron chi connectivity index (χ0n) is 18.1. The molecule has 0 aliphatic heterocycles. The minimum atomic E-state index is -3.29. The van der Waals surface area contributed by atoms with Gasteiger partial charge in [-0.1, -0.05) is 24.3 Å². The van der Waals surface area contributed by atoms with Crippen LogP contribution < -0.4 is 15.4 Å². The van der Waals surface area contributed by atoms with Gasteiger partial charge in [0.1, 0.15) is 0 Å². The van der Waals surface area contributed by atoms with Gasteiger partial charge in [0.2, 0.25) is 10.0 Å². The normalized spacial score (nSPS) is 11.8. The molecular formula is C20H33IN6O2S. The SMILES string of the molecule is CCNC(=NCc1cccc(CS(=O)(=O)NC)c1)NCCCn1nc(C)cc1C.I. The molecule has 0 aliphatic carbocycles. The average molecular weight is 548 g/mol. The van der Waals surface area contributed by atoms with Crippen LogP contribution in [0.15, 0.2) is 35.3 Å². The van der Waals surface area contributed by atoms with E-state index in [1.54, 1.807) is 0 Å². The third-order valence-corrected chi connectivity index (χ3v) is 5.70. The Morgan fingerprint density at radius 2 is 1.90 bits per heavy atom. The van der Waals surface area contributed by atoms with Crippen LogP contribution in [0.3, 0.4) is 0 Å². The van der Waals surface area contributed by atoms with Crippen LogP contribution >= 0.6 is 24.0 Å². The molecule has 0 amide bonds. The Balaban J connectivity index is 0.00000450. The van der Waals surface area contributed by atoms with Crippen molar-refractivity contribution in [2.24, 2.45) is 4.99 Å². The second-order valence-electron chi connectivity index (χ2n) is 6.91. The largest absolute Gasteiger partial charge is 0.357 e. The van der Waals surface area contributed by atoms with Crippen molar-refractivity contribution in [3.05, 3.63) is 52.8 Å². The minimum absolute atomic E-state index is 0. The van der Waals surface area contributed by atoms with E-state index in [2.05, 4.69) is 38.4 Å². The predicted molar refractivity (Wildman–Crippen MR) is 133 cm³/mol. The fourth-order valence-corrected chi connectivity index (χ4v) is 3.72. The number of nitrogens with one attached hydrogen (secondary N) is 3. The summed E-state index contributed by atoms with van der Waals surface area (Å²) in [6.45, 7) is 8.97. The lowest BCUT2D eigenvalue weighted by Gasteiger charge is -2.12. The molecule has 0 spiro atoms. The maximum absolute atomic E-state index is 11.7. The van der Waals surface area contributed by atoms with Crippen LogP contribution in [-0.2, 0) is 28.9 Å². The van der Waals surface area contributed by atoms with Gasteiger partial charge in [0.05, 0.1) is 18.0 Å². The number of aliphatic imine (C=N–C) groups is 1. The number of aryl methyl sites for hydroxylation is 3. The molecule has 0 bridgehead atoms. The standard InChI is InChI=1S/C20H32N6O2S.HI/c1-5-22-20(23-10-7-11-26-17(3)12-16(2)25-26)24-14-18-8-6-9-19(13-18)15-29(27,28)21-4;/h6,8-9,12-13,21H,5,7,10-11,14-15H2,1-4H3,(H2,22,23,24);1H. The molecule has 0 saturated carbocycles. The Kier molecular flexibility index (Phi) is 11.3. The van der Waals surface area contributed by atoms with Crippen molar-refractivity contribution in [2.75, 3.05) is 20.1 Å². The first-order valence-electron chi connectivity index (χ1n) is 9.85. The molecule has 1 heterocycles. The summed E-state index contributed by atoms with van der Waals surface area (Å²) >= 11 is 0. The van der Waals surface area contributed by atoms with Gasteiger partial charge in [0, 0.05) is 25.3 Å². The van der Waals surface area contributed by atoms with E-state index < -0.39 is 10.0 Å². The zero-order valence-corrected chi connectivity index (χ0v) is 21.3. The van der Waals surface area contributed by atoms with Gasteiger partial charge in [-0.05, 0) is 51.4 Å². The fraction of sp³-hybridized carbons (Fsp3) is 0.500. The topological polar surface area (TPSA) is 100 Å². The summed E-state index contributed by atoms with van der Waals surface area (Å²) in [5.41, 5.74) is 3.92. The van der Waals surface area contributed by atoms with Gasteiger partial charge >= 0.3 is 0 Å². The highest BCUT2D eigenvalue weighted by Gasteiger charge is 2.09. The third-order valence-electron chi connectivity index (χ3n) is 4.37. The molecule has 1 aromatic heterocycles. The van der Waals surface area contributed by atoms with E-state index >= 15 is 0 Å². The van der Waals surface area contributed by atoms with E-state index in [1.807, 2.05) is 42.8 Å². The highest BCUT2D eigenvalue weighted by Crippen LogP contribution is 2.09. The molecule has 0 radical (unpaired) electrons. The highest BCUT2D eigenvalue weighted by atomic mass is 127. The first-order chi connectivity index (χ1) is 13.8. The molecule has 2 rings (SSSR count). The van der Waals surface area contributed by atoms with E-state index in [9.17, 15) is 8.42 Å². The Hall–Kier alpha value is -1.66. The van der Waals surface area contributed by atoms with Gasteiger partial charge in [-0.15, -0.1) is 24.0 Å². The molecule has 3 N–H and O–H groups in total. The van der Waals surface area contributed by atoms with Crippen molar-refractivity contribution in [1.82, 2.24) is 25.1 Å². The first kappa shape index (κ1) is 26.4. The van der Waals surface area contributed by atoms with Crippen molar-refractivity contribution >= 4 is 40.0 Å². The maximum atomic E-state index is 11.7. The predicted octanol–water partition coefficient (Wildman–Crippen LogP) is 2.31. The highest BCUT2D eigenvalue weighted by molar-refractivity contribution is 14.0. The third kappa shape index (κ3) is 9.00. The molecule has 0 saturated heterocycles. The van der Waals surface area contributed by atoms with E-state index in [4.69, 9.17) is 0 Å². The summed E-state index contributed by atoms with van der Waals surface area (Å²) in [5.74, 6) is 0.709. The van der Waals surface area contributed by atoms with Gasteiger partial charge < -0.3 is 10.6 Å². The van der Waals surface area contributed by atoms with E-state index in [1.165, 1.54) is 12.7 Å². The number of halogens is 1. The molecule has 8 nitrogen and oxygen atoms in total. The van der Waals surface area contributed by atoms with Gasteiger partial charge in [-0.25, -0.2) is 18.1 Å². The molecule has 168 valence electrons. The van der Waals surface area contributed by atoms with E-state index in [-0.39, 0.29) is 29.7 Å². The van der Waals surface area contributed by atoms with Crippen molar-refractivity contribution in [3.63, 3.8) is 0 Å². The Morgan fingerprint density at radius 1 is 1.17 bits per heavy atom. The second-order valence-corrected chi connectivity index (χ2v) is 8.84. The molecule has 0 aliphatic rings. The molecule has 30 heavy (non-hydrogen) atoms. The number of rotatable bonds is 10. The smallest absolute Gasteiger partial charge is 0.215 e.